The Labute approximate surface area is 111 Å². The van der Waals surface area contributed by atoms with Crippen molar-refractivity contribution in [3.63, 3.8) is 0 Å². The van der Waals surface area contributed by atoms with E-state index in [9.17, 15) is 0 Å². The van der Waals surface area contributed by atoms with Gasteiger partial charge in [-0.15, -0.1) is 0 Å². The van der Waals surface area contributed by atoms with Crippen molar-refractivity contribution in [1.29, 1.82) is 0 Å². The number of benzene rings is 1. The molecule has 0 fully saturated rings. The molecule has 1 unspecified atom stereocenters. The SMILES string of the molecule is CNC(c1ncccn1)c1cc2cc(C)ccc2o1. The first kappa shape index (κ1) is 11.9. The summed E-state index contributed by atoms with van der Waals surface area (Å²) in [5.74, 6) is 1.54. The highest BCUT2D eigenvalue weighted by Gasteiger charge is 2.19. The smallest absolute Gasteiger partial charge is 0.152 e. The zero-order chi connectivity index (χ0) is 13.2. The average Bonchev–Trinajstić information content (AvgIpc) is 2.83. The van der Waals surface area contributed by atoms with E-state index in [4.69, 9.17) is 4.42 Å². The van der Waals surface area contributed by atoms with E-state index in [0.717, 1.165) is 16.7 Å². The van der Waals surface area contributed by atoms with Gasteiger partial charge in [0.15, 0.2) is 5.82 Å². The van der Waals surface area contributed by atoms with Gasteiger partial charge in [0.05, 0.1) is 0 Å². The third-order valence-corrected chi connectivity index (χ3v) is 3.11. The van der Waals surface area contributed by atoms with E-state index in [0.29, 0.717) is 5.82 Å². The predicted molar refractivity (Wildman–Crippen MR) is 73.9 cm³/mol. The van der Waals surface area contributed by atoms with Gasteiger partial charge in [-0.3, -0.25) is 0 Å². The molecule has 96 valence electrons. The highest BCUT2D eigenvalue weighted by Crippen LogP contribution is 2.26. The summed E-state index contributed by atoms with van der Waals surface area (Å²) in [6.07, 6.45) is 3.47. The summed E-state index contributed by atoms with van der Waals surface area (Å²) in [4.78, 5) is 8.56. The van der Waals surface area contributed by atoms with Crippen LogP contribution in [0.4, 0.5) is 0 Å². The molecule has 2 heterocycles. The van der Waals surface area contributed by atoms with Gasteiger partial charge in [-0.2, -0.15) is 0 Å². The summed E-state index contributed by atoms with van der Waals surface area (Å²) in [6, 6.07) is 9.86. The van der Waals surface area contributed by atoms with Crippen LogP contribution >= 0.6 is 0 Å². The number of aromatic nitrogens is 2. The Balaban J connectivity index is 2.07. The fourth-order valence-electron chi connectivity index (χ4n) is 2.18. The van der Waals surface area contributed by atoms with Crippen LogP contribution in [0.15, 0.2) is 47.1 Å². The normalized spacial score (nSPS) is 12.7. The summed E-state index contributed by atoms with van der Waals surface area (Å²) >= 11 is 0. The highest BCUT2D eigenvalue weighted by molar-refractivity contribution is 5.78. The Morgan fingerprint density at radius 3 is 2.68 bits per heavy atom. The highest BCUT2D eigenvalue weighted by atomic mass is 16.3. The van der Waals surface area contributed by atoms with Gasteiger partial charge in [0.1, 0.15) is 17.4 Å². The van der Waals surface area contributed by atoms with Crippen LogP contribution in [0.5, 0.6) is 0 Å². The Morgan fingerprint density at radius 2 is 1.95 bits per heavy atom. The molecule has 0 amide bonds. The minimum Gasteiger partial charge on any atom is -0.459 e. The second kappa shape index (κ2) is 4.82. The lowest BCUT2D eigenvalue weighted by Crippen LogP contribution is -2.19. The van der Waals surface area contributed by atoms with Gasteiger partial charge >= 0.3 is 0 Å². The summed E-state index contributed by atoms with van der Waals surface area (Å²) in [7, 11) is 1.87. The van der Waals surface area contributed by atoms with Crippen LogP contribution in [-0.4, -0.2) is 17.0 Å². The first-order chi connectivity index (χ1) is 9.28. The molecule has 0 bridgehead atoms. The predicted octanol–water partition coefficient (Wildman–Crippen LogP) is 2.84. The number of rotatable bonds is 3. The van der Waals surface area contributed by atoms with Crippen LogP contribution < -0.4 is 5.32 Å². The van der Waals surface area contributed by atoms with E-state index in [2.05, 4.69) is 28.3 Å². The second-order valence-electron chi connectivity index (χ2n) is 4.52. The molecule has 0 radical (unpaired) electrons. The van der Waals surface area contributed by atoms with Gasteiger partial charge in [-0.1, -0.05) is 11.6 Å². The largest absolute Gasteiger partial charge is 0.459 e. The van der Waals surface area contributed by atoms with Crippen molar-refractivity contribution in [3.8, 4) is 0 Å². The molecule has 0 aliphatic rings. The molecule has 1 N–H and O–H groups in total. The molecule has 4 nitrogen and oxygen atoms in total. The maximum absolute atomic E-state index is 5.89. The van der Waals surface area contributed by atoms with Crippen LogP contribution in [0, 0.1) is 6.92 Å². The van der Waals surface area contributed by atoms with E-state index in [1.807, 2.05) is 25.2 Å². The number of nitrogens with one attached hydrogen (secondary N) is 1. The zero-order valence-corrected chi connectivity index (χ0v) is 10.9. The van der Waals surface area contributed by atoms with Gasteiger partial charge < -0.3 is 9.73 Å². The molecule has 0 spiro atoms. The number of fused-ring (bicyclic) bond motifs is 1. The Bertz CT molecular complexity index is 691. The maximum atomic E-state index is 5.89. The third kappa shape index (κ3) is 2.22. The quantitative estimate of drug-likeness (QED) is 0.779. The van der Waals surface area contributed by atoms with Crippen LogP contribution in [0.2, 0.25) is 0 Å². The summed E-state index contributed by atoms with van der Waals surface area (Å²) in [5, 5.41) is 4.29. The molecule has 0 saturated carbocycles. The first-order valence-electron chi connectivity index (χ1n) is 6.22. The van der Waals surface area contributed by atoms with E-state index in [1.165, 1.54) is 5.56 Å². The zero-order valence-electron chi connectivity index (χ0n) is 10.9. The molecule has 0 aliphatic heterocycles. The molecule has 2 aromatic heterocycles. The standard InChI is InChI=1S/C15H15N3O/c1-10-4-5-12-11(8-10)9-13(19-12)14(16-2)15-17-6-3-7-18-15/h3-9,14,16H,1-2H3. The lowest BCUT2D eigenvalue weighted by atomic mass is 10.1. The van der Waals surface area contributed by atoms with E-state index >= 15 is 0 Å². The summed E-state index contributed by atoms with van der Waals surface area (Å²) in [5.41, 5.74) is 2.11. The van der Waals surface area contributed by atoms with Gasteiger partial charge in [0.2, 0.25) is 0 Å². The van der Waals surface area contributed by atoms with E-state index in [-0.39, 0.29) is 6.04 Å². The number of nitrogens with zero attached hydrogens (tertiary/aromatic N) is 2. The molecule has 19 heavy (non-hydrogen) atoms. The molecule has 3 rings (SSSR count). The molecule has 0 aliphatic carbocycles. The van der Waals surface area contributed by atoms with E-state index in [1.54, 1.807) is 18.5 Å². The first-order valence-corrected chi connectivity index (χ1v) is 6.22. The molecule has 3 aromatic rings. The second-order valence-corrected chi connectivity index (χ2v) is 4.52. The lowest BCUT2D eigenvalue weighted by Gasteiger charge is -2.10. The lowest BCUT2D eigenvalue weighted by molar-refractivity contribution is 0.479. The Hall–Kier alpha value is -2.20. The topological polar surface area (TPSA) is 51.0 Å². The van der Waals surface area contributed by atoms with Crippen molar-refractivity contribution >= 4 is 11.0 Å². The van der Waals surface area contributed by atoms with E-state index < -0.39 is 0 Å². The number of hydrogen-bond acceptors (Lipinski definition) is 4. The maximum Gasteiger partial charge on any atom is 0.152 e. The van der Waals surface area contributed by atoms with Crippen molar-refractivity contribution < 1.29 is 4.42 Å². The molecular formula is C15H15N3O. The Morgan fingerprint density at radius 1 is 1.16 bits per heavy atom. The van der Waals surface area contributed by atoms with Crippen LogP contribution in [0.3, 0.4) is 0 Å². The monoisotopic (exact) mass is 253 g/mol. The molecule has 1 atom stereocenters. The van der Waals surface area contributed by atoms with Gasteiger partial charge in [-0.05, 0) is 38.2 Å². The van der Waals surface area contributed by atoms with Gasteiger partial charge in [0.25, 0.3) is 0 Å². The van der Waals surface area contributed by atoms with Gasteiger partial charge in [-0.25, -0.2) is 9.97 Å². The van der Waals surface area contributed by atoms with Crippen molar-refractivity contribution in [2.45, 2.75) is 13.0 Å². The Kier molecular flexibility index (Phi) is 3.01. The number of furan rings is 1. The fourth-order valence-corrected chi connectivity index (χ4v) is 2.18. The van der Waals surface area contributed by atoms with Crippen molar-refractivity contribution in [2.24, 2.45) is 0 Å². The number of hydrogen-bond donors (Lipinski definition) is 1. The molecule has 4 heteroatoms. The average molecular weight is 253 g/mol. The van der Waals surface area contributed by atoms with Crippen molar-refractivity contribution in [2.75, 3.05) is 7.05 Å². The van der Waals surface area contributed by atoms with Crippen LogP contribution in [0.1, 0.15) is 23.2 Å². The summed E-state index contributed by atoms with van der Waals surface area (Å²) in [6.45, 7) is 2.07. The minimum absolute atomic E-state index is 0.131. The van der Waals surface area contributed by atoms with Crippen molar-refractivity contribution in [3.05, 3.63) is 59.9 Å². The van der Waals surface area contributed by atoms with Crippen LogP contribution in [-0.2, 0) is 0 Å². The fraction of sp³-hybridized carbons (Fsp3) is 0.200. The molecular weight excluding hydrogens is 238 g/mol. The van der Waals surface area contributed by atoms with Crippen LogP contribution in [0.25, 0.3) is 11.0 Å². The van der Waals surface area contributed by atoms with Gasteiger partial charge in [0, 0.05) is 17.8 Å². The minimum atomic E-state index is -0.131. The third-order valence-electron chi connectivity index (χ3n) is 3.11. The number of aryl methyl sites for hydroxylation is 1. The molecule has 0 saturated heterocycles. The van der Waals surface area contributed by atoms with Crippen molar-refractivity contribution in [1.82, 2.24) is 15.3 Å². The summed E-state index contributed by atoms with van der Waals surface area (Å²) < 4.78 is 5.89. The molecule has 1 aromatic carbocycles.